The Kier molecular flexibility index (Phi) is 3.96. The third-order valence-corrected chi connectivity index (χ3v) is 5.09. The van der Waals surface area contributed by atoms with Crippen LogP contribution in [0.15, 0.2) is 18.7 Å². The van der Waals surface area contributed by atoms with Gasteiger partial charge in [0, 0.05) is 23.6 Å². The molecule has 1 atom stereocenters. The van der Waals surface area contributed by atoms with Gasteiger partial charge in [-0.15, -0.1) is 0 Å². The number of nitrogens with zero attached hydrogens (tertiary/aromatic N) is 2. The molecule has 4 nitrogen and oxygen atoms in total. The van der Waals surface area contributed by atoms with E-state index in [1.807, 2.05) is 21.6 Å². The molecule has 82 valence electrons. The molecule has 6 heteroatoms. The highest BCUT2D eigenvalue weighted by Crippen LogP contribution is 2.39. The van der Waals surface area contributed by atoms with E-state index in [1.54, 1.807) is 12.4 Å². The van der Waals surface area contributed by atoms with Crippen LogP contribution in [0.2, 0.25) is 0 Å². The van der Waals surface area contributed by atoms with Crippen molar-refractivity contribution in [3.05, 3.63) is 18.7 Å². The first-order valence-electron chi connectivity index (χ1n) is 4.82. The minimum atomic E-state index is -0.189. The second-order valence-electron chi connectivity index (χ2n) is 3.25. The summed E-state index contributed by atoms with van der Waals surface area (Å²) in [5.74, 6) is 1.01. The number of hydrogen-bond donors (Lipinski definition) is 0. The Morgan fingerprint density at radius 2 is 2.60 bits per heavy atom. The molecule has 2 heterocycles. The molecule has 1 aliphatic heterocycles. The molecule has 0 aromatic carbocycles. The van der Waals surface area contributed by atoms with Crippen LogP contribution in [0, 0.1) is 0 Å². The van der Waals surface area contributed by atoms with Crippen molar-refractivity contribution in [2.24, 2.45) is 0 Å². The van der Waals surface area contributed by atoms with Crippen LogP contribution in [-0.2, 0) is 4.79 Å². The molecule has 0 radical (unpaired) electrons. The van der Waals surface area contributed by atoms with Gasteiger partial charge in [-0.25, -0.2) is 9.78 Å². The second-order valence-corrected chi connectivity index (χ2v) is 6.04. The summed E-state index contributed by atoms with van der Waals surface area (Å²) in [5, 5.41) is 0.616. The number of rotatable bonds is 4. The molecule has 1 aromatic rings. The minimum absolute atomic E-state index is 0.189. The molecule has 1 unspecified atom stereocenters. The summed E-state index contributed by atoms with van der Waals surface area (Å²) in [6, 6.07) is 0. The van der Waals surface area contributed by atoms with E-state index in [4.69, 9.17) is 4.84 Å². The maximum Gasteiger partial charge on any atom is 0.332 e. The first-order chi connectivity index (χ1) is 7.34. The molecule has 1 aromatic heterocycles. The van der Waals surface area contributed by atoms with Crippen LogP contribution in [0.5, 0.6) is 0 Å². The van der Waals surface area contributed by atoms with E-state index in [0.29, 0.717) is 11.7 Å². The molecule has 2 rings (SSSR count). The van der Waals surface area contributed by atoms with Crippen LogP contribution < -0.4 is 4.84 Å². The zero-order valence-electron chi connectivity index (χ0n) is 8.17. The molecule has 0 aliphatic carbocycles. The standard InChI is InChI=1S/C9H12N2O2S2/c12-9(13-11-5-4-10-7-11)2-1-8-3-6-14-15-8/h4-5,7-8H,1-3,6H2. The summed E-state index contributed by atoms with van der Waals surface area (Å²) < 4.78 is 1.33. The van der Waals surface area contributed by atoms with Gasteiger partial charge in [-0.05, 0) is 12.8 Å². The van der Waals surface area contributed by atoms with Crippen molar-refractivity contribution in [3.8, 4) is 0 Å². The molecule has 15 heavy (non-hydrogen) atoms. The highest BCUT2D eigenvalue weighted by molar-refractivity contribution is 8.77. The highest BCUT2D eigenvalue weighted by Gasteiger charge is 2.18. The van der Waals surface area contributed by atoms with E-state index in [9.17, 15) is 4.79 Å². The van der Waals surface area contributed by atoms with Crippen LogP contribution >= 0.6 is 21.6 Å². The Hall–Kier alpha value is -0.620. The van der Waals surface area contributed by atoms with Crippen molar-refractivity contribution < 1.29 is 9.63 Å². The topological polar surface area (TPSA) is 44.1 Å². The van der Waals surface area contributed by atoms with Crippen LogP contribution in [0.3, 0.4) is 0 Å². The van der Waals surface area contributed by atoms with Crippen molar-refractivity contribution in [3.63, 3.8) is 0 Å². The average Bonchev–Trinajstić information content (AvgIpc) is 2.86. The zero-order valence-corrected chi connectivity index (χ0v) is 9.80. The molecular weight excluding hydrogens is 232 g/mol. The van der Waals surface area contributed by atoms with Gasteiger partial charge in [0.25, 0.3) is 0 Å². The summed E-state index contributed by atoms with van der Waals surface area (Å²) in [6.45, 7) is 0. The van der Waals surface area contributed by atoms with Crippen molar-refractivity contribution >= 4 is 27.6 Å². The fourth-order valence-electron chi connectivity index (χ4n) is 1.31. The van der Waals surface area contributed by atoms with E-state index >= 15 is 0 Å². The lowest BCUT2D eigenvalue weighted by Crippen LogP contribution is -2.19. The Bertz CT molecular complexity index is 310. The minimum Gasteiger partial charge on any atom is -0.336 e. The Morgan fingerprint density at radius 3 is 3.27 bits per heavy atom. The predicted octanol–water partition coefficient (Wildman–Crippen LogP) is 1.77. The Morgan fingerprint density at radius 1 is 1.67 bits per heavy atom. The van der Waals surface area contributed by atoms with Gasteiger partial charge < -0.3 is 4.84 Å². The highest BCUT2D eigenvalue weighted by atomic mass is 33.1. The molecule has 0 amide bonds. The van der Waals surface area contributed by atoms with Crippen LogP contribution in [0.1, 0.15) is 19.3 Å². The third kappa shape index (κ3) is 3.46. The summed E-state index contributed by atoms with van der Waals surface area (Å²) >= 11 is 0. The smallest absolute Gasteiger partial charge is 0.332 e. The quantitative estimate of drug-likeness (QED) is 0.755. The van der Waals surface area contributed by atoms with Gasteiger partial charge in [0.1, 0.15) is 6.33 Å². The summed E-state index contributed by atoms with van der Waals surface area (Å²) in [6.07, 6.45) is 7.25. The van der Waals surface area contributed by atoms with Gasteiger partial charge in [0.05, 0.1) is 6.20 Å². The largest absolute Gasteiger partial charge is 0.336 e. The molecule has 1 saturated heterocycles. The summed E-state index contributed by atoms with van der Waals surface area (Å²) in [4.78, 5) is 20.2. The first-order valence-corrected chi connectivity index (χ1v) is 7.20. The van der Waals surface area contributed by atoms with Crippen molar-refractivity contribution in [1.82, 2.24) is 9.71 Å². The average molecular weight is 244 g/mol. The molecular formula is C9H12N2O2S2. The normalized spacial score (nSPS) is 20.4. The van der Waals surface area contributed by atoms with Crippen molar-refractivity contribution in [1.29, 1.82) is 0 Å². The lowest BCUT2D eigenvalue weighted by Gasteiger charge is -2.06. The fourth-order valence-corrected chi connectivity index (χ4v) is 4.29. The SMILES string of the molecule is O=C(CCC1CCSS1)On1ccnc1. The van der Waals surface area contributed by atoms with E-state index < -0.39 is 0 Å². The zero-order chi connectivity index (χ0) is 10.5. The van der Waals surface area contributed by atoms with Crippen LogP contribution in [0.4, 0.5) is 0 Å². The molecule has 1 aliphatic rings. The van der Waals surface area contributed by atoms with Gasteiger partial charge >= 0.3 is 5.97 Å². The number of carbonyl (C=O) groups excluding carboxylic acids is 1. The summed E-state index contributed by atoms with van der Waals surface area (Å²) in [7, 11) is 3.77. The van der Waals surface area contributed by atoms with E-state index in [0.717, 1.165) is 6.42 Å². The maximum absolute atomic E-state index is 11.4. The number of aromatic nitrogens is 2. The molecule has 0 bridgehead atoms. The third-order valence-electron chi connectivity index (χ3n) is 2.09. The van der Waals surface area contributed by atoms with Crippen LogP contribution in [0.25, 0.3) is 0 Å². The molecule has 0 saturated carbocycles. The van der Waals surface area contributed by atoms with Crippen molar-refractivity contribution in [2.75, 3.05) is 5.75 Å². The Labute approximate surface area is 96.1 Å². The predicted molar refractivity (Wildman–Crippen MR) is 61.5 cm³/mol. The summed E-state index contributed by atoms with van der Waals surface area (Å²) in [5.41, 5.74) is 0. The first kappa shape index (κ1) is 10.9. The maximum atomic E-state index is 11.4. The van der Waals surface area contributed by atoms with Gasteiger partial charge in [-0.3, -0.25) is 0 Å². The van der Waals surface area contributed by atoms with Crippen molar-refractivity contribution in [2.45, 2.75) is 24.5 Å². The van der Waals surface area contributed by atoms with Gasteiger partial charge in [0.15, 0.2) is 0 Å². The monoisotopic (exact) mass is 244 g/mol. The molecule has 1 fully saturated rings. The van der Waals surface area contributed by atoms with Gasteiger partial charge in [0.2, 0.25) is 0 Å². The lowest BCUT2D eigenvalue weighted by atomic mass is 10.2. The van der Waals surface area contributed by atoms with Gasteiger partial charge in [-0.1, -0.05) is 21.6 Å². The number of carbonyl (C=O) groups is 1. The fraction of sp³-hybridized carbons (Fsp3) is 0.556. The second kappa shape index (κ2) is 5.46. The molecule has 0 spiro atoms. The van der Waals surface area contributed by atoms with E-state index in [2.05, 4.69) is 4.98 Å². The lowest BCUT2D eigenvalue weighted by molar-refractivity contribution is -0.144. The van der Waals surface area contributed by atoms with Crippen LogP contribution in [-0.4, -0.2) is 26.7 Å². The number of hydrogen-bond acceptors (Lipinski definition) is 5. The Balaban J connectivity index is 1.68. The van der Waals surface area contributed by atoms with Gasteiger partial charge in [-0.2, -0.15) is 4.73 Å². The van der Waals surface area contributed by atoms with E-state index in [-0.39, 0.29) is 5.97 Å². The van der Waals surface area contributed by atoms with E-state index in [1.165, 1.54) is 23.2 Å². The molecule has 0 N–H and O–H groups in total. The number of imidazole rings is 1.